The van der Waals surface area contributed by atoms with Crippen LogP contribution in [0.5, 0.6) is 0 Å². The minimum atomic E-state index is 0.189. The molecule has 1 aliphatic heterocycles. The molecule has 4 rings (SSSR count). The first-order chi connectivity index (χ1) is 12.2. The molecule has 1 aromatic heterocycles. The van der Waals surface area contributed by atoms with Gasteiger partial charge < -0.3 is 10.2 Å². The molecule has 0 spiro atoms. The Hall–Kier alpha value is -2.66. The lowest BCUT2D eigenvalue weighted by Crippen LogP contribution is -2.34. The maximum atomic E-state index is 12.0. The van der Waals surface area contributed by atoms with Crippen LogP contribution < -0.4 is 10.2 Å². The third kappa shape index (κ3) is 2.91. The number of nitrogens with zero attached hydrogens (tertiary/aromatic N) is 3. The van der Waals surface area contributed by atoms with Crippen LogP contribution in [-0.2, 0) is 11.2 Å². The molecule has 5 nitrogen and oxygen atoms in total. The van der Waals surface area contributed by atoms with E-state index in [1.54, 1.807) is 0 Å². The summed E-state index contributed by atoms with van der Waals surface area (Å²) in [5, 5.41) is 4.92. The minimum Gasteiger partial charge on any atom is -0.340 e. The van der Waals surface area contributed by atoms with Gasteiger partial charge in [0.2, 0.25) is 5.91 Å². The van der Waals surface area contributed by atoms with Crippen molar-refractivity contribution in [2.24, 2.45) is 0 Å². The van der Waals surface area contributed by atoms with Crippen LogP contribution in [0.4, 0.5) is 17.2 Å². The number of nitrogens with one attached hydrogen (secondary N) is 1. The van der Waals surface area contributed by atoms with Gasteiger partial charge in [0, 0.05) is 34.7 Å². The van der Waals surface area contributed by atoms with Crippen molar-refractivity contribution in [2.75, 3.05) is 16.8 Å². The molecule has 1 amide bonds. The number of aromatic nitrogens is 2. The monoisotopic (exact) mass is 352 g/mol. The van der Waals surface area contributed by atoms with Gasteiger partial charge in [0.15, 0.2) is 0 Å². The number of benzene rings is 2. The quantitative estimate of drug-likeness (QED) is 0.762. The van der Waals surface area contributed by atoms with Crippen LogP contribution in [0.15, 0.2) is 42.7 Å². The van der Waals surface area contributed by atoms with Gasteiger partial charge in [0.05, 0.1) is 5.52 Å². The van der Waals surface area contributed by atoms with Gasteiger partial charge in [0.25, 0.3) is 0 Å². The van der Waals surface area contributed by atoms with Crippen molar-refractivity contribution < 1.29 is 4.79 Å². The van der Waals surface area contributed by atoms with E-state index in [0.29, 0.717) is 18.0 Å². The van der Waals surface area contributed by atoms with E-state index in [0.717, 1.165) is 34.5 Å². The van der Waals surface area contributed by atoms with E-state index in [9.17, 15) is 4.79 Å². The van der Waals surface area contributed by atoms with Crippen LogP contribution in [0, 0.1) is 0 Å². The summed E-state index contributed by atoms with van der Waals surface area (Å²) in [6.45, 7) is 2.69. The minimum absolute atomic E-state index is 0.189. The van der Waals surface area contributed by atoms with Crippen LogP contribution in [0.25, 0.3) is 10.9 Å². The van der Waals surface area contributed by atoms with Crippen LogP contribution in [-0.4, -0.2) is 22.4 Å². The molecule has 2 heterocycles. The molecule has 126 valence electrons. The zero-order valence-corrected chi connectivity index (χ0v) is 14.5. The Balaban J connectivity index is 1.70. The Morgan fingerprint density at radius 1 is 1.16 bits per heavy atom. The smallest absolute Gasteiger partial charge is 0.227 e. The number of aryl methyl sites for hydroxylation is 1. The second-order valence-corrected chi connectivity index (χ2v) is 6.43. The number of carbonyl (C=O) groups is 1. The van der Waals surface area contributed by atoms with Gasteiger partial charge in [-0.1, -0.05) is 11.6 Å². The second kappa shape index (κ2) is 6.33. The van der Waals surface area contributed by atoms with E-state index >= 15 is 0 Å². The van der Waals surface area contributed by atoms with Gasteiger partial charge in [0.1, 0.15) is 12.1 Å². The molecular weight excluding hydrogens is 336 g/mol. The third-order valence-electron chi connectivity index (χ3n) is 4.46. The van der Waals surface area contributed by atoms with E-state index in [1.807, 2.05) is 42.2 Å². The lowest BCUT2D eigenvalue weighted by Gasteiger charge is -2.28. The van der Waals surface area contributed by atoms with Crippen molar-refractivity contribution in [3.8, 4) is 0 Å². The van der Waals surface area contributed by atoms with Crippen LogP contribution >= 0.6 is 11.6 Å². The molecule has 1 N–H and O–H groups in total. The number of anilines is 3. The van der Waals surface area contributed by atoms with Crippen molar-refractivity contribution in [2.45, 2.75) is 19.8 Å². The van der Waals surface area contributed by atoms with E-state index in [1.165, 1.54) is 11.9 Å². The molecule has 0 fully saturated rings. The fraction of sp³-hybridized carbons (Fsp3) is 0.211. The predicted molar refractivity (Wildman–Crippen MR) is 101 cm³/mol. The Morgan fingerprint density at radius 2 is 2.04 bits per heavy atom. The van der Waals surface area contributed by atoms with Gasteiger partial charge in [-0.3, -0.25) is 4.79 Å². The maximum Gasteiger partial charge on any atom is 0.227 e. The lowest BCUT2D eigenvalue weighted by molar-refractivity contribution is -0.118. The summed E-state index contributed by atoms with van der Waals surface area (Å²) in [7, 11) is 0. The lowest BCUT2D eigenvalue weighted by atomic mass is 10.0. The number of fused-ring (bicyclic) bond motifs is 2. The molecule has 1 aliphatic rings. The number of hydrogen-bond donors (Lipinski definition) is 1. The number of amides is 1. The number of hydrogen-bond acceptors (Lipinski definition) is 4. The first-order valence-electron chi connectivity index (χ1n) is 8.26. The van der Waals surface area contributed by atoms with E-state index in [4.69, 9.17) is 11.6 Å². The summed E-state index contributed by atoms with van der Waals surface area (Å²) in [6.07, 6.45) is 2.84. The number of halogens is 1. The SMILES string of the molecule is CCN1C(=O)CCc2cc(Nc3ncnc4cc(Cl)ccc34)ccc21. The van der Waals surface area contributed by atoms with Gasteiger partial charge >= 0.3 is 0 Å². The standard InChI is InChI=1S/C19H17ClN4O/c1-2-24-17-7-5-14(9-12(17)3-8-18(24)25)23-19-15-6-4-13(20)10-16(15)21-11-22-19/h4-7,9-11H,2-3,8H2,1H3,(H,21,22,23). The van der Waals surface area contributed by atoms with Crippen molar-refractivity contribution in [1.29, 1.82) is 0 Å². The molecule has 0 saturated carbocycles. The Morgan fingerprint density at radius 3 is 2.88 bits per heavy atom. The highest BCUT2D eigenvalue weighted by molar-refractivity contribution is 6.31. The molecule has 6 heteroatoms. The normalized spacial score (nSPS) is 13.8. The summed E-state index contributed by atoms with van der Waals surface area (Å²) in [4.78, 5) is 22.5. The topological polar surface area (TPSA) is 58.1 Å². The molecule has 2 aromatic carbocycles. The van der Waals surface area contributed by atoms with Crippen LogP contribution in [0.3, 0.4) is 0 Å². The Bertz CT molecular complexity index is 973. The molecule has 0 aliphatic carbocycles. The van der Waals surface area contributed by atoms with E-state index in [2.05, 4.69) is 21.4 Å². The molecule has 0 saturated heterocycles. The highest BCUT2D eigenvalue weighted by atomic mass is 35.5. The molecule has 25 heavy (non-hydrogen) atoms. The molecular formula is C19H17ClN4O. The summed E-state index contributed by atoms with van der Waals surface area (Å²) >= 11 is 6.04. The summed E-state index contributed by atoms with van der Waals surface area (Å²) in [5.74, 6) is 0.926. The van der Waals surface area contributed by atoms with Crippen molar-refractivity contribution >= 4 is 45.6 Å². The van der Waals surface area contributed by atoms with Gasteiger partial charge in [-0.15, -0.1) is 0 Å². The van der Waals surface area contributed by atoms with E-state index in [-0.39, 0.29) is 5.91 Å². The maximum absolute atomic E-state index is 12.0. The zero-order valence-electron chi connectivity index (χ0n) is 13.8. The fourth-order valence-electron chi connectivity index (χ4n) is 3.25. The first-order valence-corrected chi connectivity index (χ1v) is 8.64. The molecule has 3 aromatic rings. The zero-order chi connectivity index (χ0) is 17.4. The van der Waals surface area contributed by atoms with Crippen molar-refractivity contribution in [3.63, 3.8) is 0 Å². The van der Waals surface area contributed by atoms with E-state index < -0.39 is 0 Å². The average Bonchev–Trinajstić information content (AvgIpc) is 2.62. The highest BCUT2D eigenvalue weighted by Crippen LogP contribution is 2.32. The van der Waals surface area contributed by atoms with Gasteiger partial charge in [-0.05, 0) is 55.3 Å². The van der Waals surface area contributed by atoms with Crippen molar-refractivity contribution in [3.05, 3.63) is 53.3 Å². The highest BCUT2D eigenvalue weighted by Gasteiger charge is 2.22. The first kappa shape index (κ1) is 15.8. The summed E-state index contributed by atoms with van der Waals surface area (Å²) in [5.41, 5.74) is 3.92. The second-order valence-electron chi connectivity index (χ2n) is 5.99. The largest absolute Gasteiger partial charge is 0.340 e. The summed E-state index contributed by atoms with van der Waals surface area (Å²) < 4.78 is 0. The number of carbonyl (C=O) groups excluding carboxylic acids is 1. The predicted octanol–water partition coefficient (Wildman–Crippen LogP) is 4.33. The van der Waals surface area contributed by atoms with Crippen LogP contribution in [0.2, 0.25) is 5.02 Å². The molecule has 0 unspecified atom stereocenters. The molecule has 0 atom stereocenters. The number of rotatable bonds is 3. The molecule has 0 bridgehead atoms. The Labute approximate surface area is 150 Å². The third-order valence-corrected chi connectivity index (χ3v) is 4.69. The van der Waals surface area contributed by atoms with Gasteiger partial charge in [-0.2, -0.15) is 0 Å². The van der Waals surface area contributed by atoms with Gasteiger partial charge in [-0.25, -0.2) is 9.97 Å². The average molecular weight is 353 g/mol. The molecule has 0 radical (unpaired) electrons. The Kier molecular flexibility index (Phi) is 4.01. The van der Waals surface area contributed by atoms with Crippen LogP contribution in [0.1, 0.15) is 18.9 Å². The van der Waals surface area contributed by atoms with Crippen molar-refractivity contribution in [1.82, 2.24) is 9.97 Å². The summed E-state index contributed by atoms with van der Waals surface area (Å²) in [6, 6.07) is 11.6. The fourth-order valence-corrected chi connectivity index (χ4v) is 3.42.